The van der Waals surface area contributed by atoms with Gasteiger partial charge < -0.3 is 15.0 Å². The maximum Gasteiger partial charge on any atom is 0.405 e. The Morgan fingerprint density at radius 2 is 1.59 bits per heavy atom. The van der Waals surface area contributed by atoms with Gasteiger partial charge in [-0.2, -0.15) is 0 Å². The molecule has 0 saturated carbocycles. The minimum atomic E-state index is -0.974. The van der Waals surface area contributed by atoms with Crippen LogP contribution in [-0.4, -0.2) is 49.0 Å². The molecule has 2 aromatic carbocycles. The van der Waals surface area contributed by atoms with Crippen LogP contribution in [0.4, 0.5) is 4.79 Å². The average Bonchev–Trinajstić information content (AvgIpc) is 3.40. The Kier molecular flexibility index (Phi) is 7.60. The summed E-state index contributed by atoms with van der Waals surface area (Å²) in [5, 5.41) is 21.4. The van der Waals surface area contributed by atoms with E-state index in [0.717, 1.165) is 42.9 Å². The number of aryl methyl sites for hydroxylation is 1. The molecule has 2 fully saturated rings. The van der Waals surface area contributed by atoms with Crippen molar-refractivity contribution in [3.05, 3.63) is 83.4 Å². The fourth-order valence-electron chi connectivity index (χ4n) is 6.80. The Morgan fingerprint density at radius 3 is 2.19 bits per heavy atom. The highest BCUT2D eigenvalue weighted by Crippen LogP contribution is 2.44. The summed E-state index contributed by atoms with van der Waals surface area (Å²) in [5.74, 6) is 2.44. The summed E-state index contributed by atoms with van der Waals surface area (Å²) in [7, 11) is 0. The molecular formula is C30H39N5O2. The molecule has 3 aromatic rings. The lowest BCUT2D eigenvalue weighted by atomic mass is 9.88. The maximum absolute atomic E-state index is 11.8. The van der Waals surface area contributed by atoms with E-state index in [1.807, 2.05) is 30.3 Å². The molecular weight excluding hydrogens is 462 g/mol. The molecule has 3 heterocycles. The van der Waals surface area contributed by atoms with Crippen LogP contribution in [-0.2, 0) is 6.42 Å². The van der Waals surface area contributed by atoms with Crippen LogP contribution in [0.3, 0.4) is 0 Å². The standard InChI is InChI=1S/C30H39N5O2/c1-20(2)29-33-32-21(3)34(29)27-17-24-14-15-25(18-27)35(24)26(16-22-10-6-4-7-11-22)19-28(31-30(36)37)23-12-8-5-9-13-23/h4-13,20,24-28,31H,14-19H2,1-3H3,(H,36,37)/t24?,25?,26?,27?,28-/m0/s1. The van der Waals surface area contributed by atoms with Crippen LogP contribution in [0.5, 0.6) is 0 Å². The summed E-state index contributed by atoms with van der Waals surface area (Å²) < 4.78 is 2.40. The molecule has 2 N–H and O–H groups in total. The third-order valence-electron chi connectivity index (χ3n) is 8.28. The second kappa shape index (κ2) is 11.1. The predicted molar refractivity (Wildman–Crippen MR) is 145 cm³/mol. The Labute approximate surface area is 219 Å². The molecule has 5 rings (SSSR count). The van der Waals surface area contributed by atoms with Crippen molar-refractivity contribution >= 4 is 6.09 Å². The molecule has 2 saturated heterocycles. The van der Waals surface area contributed by atoms with Gasteiger partial charge in [0.15, 0.2) is 0 Å². The summed E-state index contributed by atoms with van der Waals surface area (Å²) in [4.78, 5) is 14.5. The smallest absolute Gasteiger partial charge is 0.405 e. The van der Waals surface area contributed by atoms with E-state index in [4.69, 9.17) is 0 Å². The Balaban J connectivity index is 1.43. The monoisotopic (exact) mass is 501 g/mol. The second-order valence-corrected chi connectivity index (χ2v) is 11.1. The first-order chi connectivity index (χ1) is 17.9. The molecule has 3 unspecified atom stereocenters. The van der Waals surface area contributed by atoms with E-state index in [2.05, 4.69) is 76.1 Å². The van der Waals surface area contributed by atoms with Gasteiger partial charge in [0.05, 0.1) is 6.04 Å². The van der Waals surface area contributed by atoms with Crippen LogP contribution in [0.2, 0.25) is 0 Å². The van der Waals surface area contributed by atoms with Crippen molar-refractivity contribution in [1.82, 2.24) is 25.0 Å². The summed E-state index contributed by atoms with van der Waals surface area (Å²) in [5.41, 5.74) is 2.32. The molecule has 2 aliphatic heterocycles. The first kappa shape index (κ1) is 25.5. The number of amides is 1. The number of nitrogens with one attached hydrogen (secondary N) is 1. The lowest BCUT2D eigenvalue weighted by molar-refractivity contribution is 0.0516. The fourth-order valence-corrected chi connectivity index (χ4v) is 6.80. The molecule has 0 aliphatic carbocycles. The molecule has 0 spiro atoms. The maximum atomic E-state index is 11.8. The molecule has 7 nitrogen and oxygen atoms in total. The molecule has 37 heavy (non-hydrogen) atoms. The van der Waals surface area contributed by atoms with Gasteiger partial charge in [0.2, 0.25) is 0 Å². The molecule has 2 bridgehead atoms. The second-order valence-electron chi connectivity index (χ2n) is 11.1. The molecule has 1 aromatic heterocycles. The van der Waals surface area contributed by atoms with Gasteiger partial charge in [-0.15, -0.1) is 10.2 Å². The van der Waals surface area contributed by atoms with E-state index >= 15 is 0 Å². The van der Waals surface area contributed by atoms with E-state index in [1.54, 1.807) is 0 Å². The Bertz CT molecular complexity index is 1170. The van der Waals surface area contributed by atoms with Crippen LogP contribution in [0.1, 0.15) is 86.7 Å². The molecule has 4 atom stereocenters. The number of hydrogen-bond acceptors (Lipinski definition) is 4. The largest absolute Gasteiger partial charge is 0.465 e. The van der Waals surface area contributed by atoms with E-state index in [1.165, 1.54) is 18.4 Å². The summed E-state index contributed by atoms with van der Waals surface area (Å²) in [6.45, 7) is 6.46. The highest BCUT2D eigenvalue weighted by molar-refractivity contribution is 5.65. The third kappa shape index (κ3) is 5.57. The van der Waals surface area contributed by atoms with Gasteiger partial charge >= 0.3 is 6.09 Å². The van der Waals surface area contributed by atoms with Crippen molar-refractivity contribution in [2.75, 3.05) is 0 Å². The van der Waals surface area contributed by atoms with Crippen LogP contribution in [0.25, 0.3) is 0 Å². The zero-order chi connectivity index (χ0) is 25.9. The summed E-state index contributed by atoms with van der Waals surface area (Å²) >= 11 is 0. The number of aromatic nitrogens is 3. The lowest BCUT2D eigenvalue weighted by Gasteiger charge is -2.45. The van der Waals surface area contributed by atoms with Crippen molar-refractivity contribution in [2.24, 2.45) is 0 Å². The normalized spacial score (nSPS) is 23.2. The zero-order valence-electron chi connectivity index (χ0n) is 22.1. The van der Waals surface area contributed by atoms with Gasteiger partial charge in [-0.1, -0.05) is 74.5 Å². The molecule has 1 amide bonds. The van der Waals surface area contributed by atoms with Gasteiger partial charge in [-0.05, 0) is 56.6 Å². The minimum absolute atomic E-state index is 0.240. The third-order valence-corrected chi connectivity index (χ3v) is 8.28. The highest BCUT2D eigenvalue weighted by atomic mass is 16.4. The molecule has 0 radical (unpaired) electrons. The number of benzene rings is 2. The van der Waals surface area contributed by atoms with Gasteiger partial charge in [0, 0.05) is 30.1 Å². The number of hydrogen-bond donors (Lipinski definition) is 2. The predicted octanol–water partition coefficient (Wildman–Crippen LogP) is 5.89. The van der Waals surface area contributed by atoms with Gasteiger partial charge in [0.25, 0.3) is 0 Å². The first-order valence-corrected chi connectivity index (χ1v) is 13.7. The van der Waals surface area contributed by atoms with Crippen molar-refractivity contribution < 1.29 is 9.90 Å². The van der Waals surface area contributed by atoms with Crippen LogP contribution < -0.4 is 5.32 Å². The summed E-state index contributed by atoms with van der Waals surface area (Å²) in [6.07, 6.45) is 5.22. The number of nitrogens with zero attached hydrogens (tertiary/aromatic N) is 4. The van der Waals surface area contributed by atoms with Gasteiger partial charge in [-0.3, -0.25) is 4.90 Å². The van der Waals surface area contributed by atoms with E-state index in [-0.39, 0.29) is 12.1 Å². The average molecular weight is 502 g/mol. The number of piperidine rings is 1. The van der Waals surface area contributed by atoms with Crippen molar-refractivity contribution in [1.29, 1.82) is 0 Å². The Morgan fingerprint density at radius 1 is 0.973 bits per heavy atom. The zero-order valence-corrected chi connectivity index (χ0v) is 22.1. The summed E-state index contributed by atoms with van der Waals surface area (Å²) in [6, 6.07) is 22.0. The van der Waals surface area contributed by atoms with Crippen molar-refractivity contribution in [3.8, 4) is 0 Å². The minimum Gasteiger partial charge on any atom is -0.465 e. The van der Waals surface area contributed by atoms with Crippen LogP contribution >= 0.6 is 0 Å². The van der Waals surface area contributed by atoms with Crippen LogP contribution in [0.15, 0.2) is 60.7 Å². The van der Waals surface area contributed by atoms with E-state index < -0.39 is 6.09 Å². The first-order valence-electron chi connectivity index (χ1n) is 13.7. The number of rotatable bonds is 9. The van der Waals surface area contributed by atoms with E-state index in [0.29, 0.717) is 24.0 Å². The topological polar surface area (TPSA) is 83.3 Å². The Hall–Kier alpha value is -3.19. The van der Waals surface area contributed by atoms with Gasteiger partial charge in [0.1, 0.15) is 11.6 Å². The SMILES string of the molecule is Cc1nnc(C(C)C)n1C1CC2CCC(C1)N2C(Cc1ccccc1)C[C@H](NC(=O)O)c1ccccc1. The van der Waals surface area contributed by atoms with Crippen molar-refractivity contribution in [2.45, 2.75) is 95.4 Å². The number of carboxylic acid groups (broad SMARTS) is 1. The molecule has 2 aliphatic rings. The lowest BCUT2D eigenvalue weighted by Crippen LogP contribution is -2.51. The molecule has 196 valence electrons. The van der Waals surface area contributed by atoms with Gasteiger partial charge in [-0.25, -0.2) is 4.79 Å². The number of fused-ring (bicyclic) bond motifs is 2. The number of carbonyl (C=O) groups is 1. The van der Waals surface area contributed by atoms with E-state index in [9.17, 15) is 9.90 Å². The fraction of sp³-hybridized carbons (Fsp3) is 0.500. The molecule has 7 heteroatoms. The quantitative estimate of drug-likeness (QED) is 0.382. The van der Waals surface area contributed by atoms with Crippen LogP contribution in [0, 0.1) is 6.92 Å². The van der Waals surface area contributed by atoms with Crippen molar-refractivity contribution in [3.63, 3.8) is 0 Å². The highest BCUT2D eigenvalue weighted by Gasteiger charge is 2.45.